The lowest BCUT2D eigenvalue weighted by molar-refractivity contribution is -0.124. The minimum Gasteiger partial charge on any atom is -0.353 e. The number of carbonyl (C=O) groups is 1. The van der Waals surface area contributed by atoms with Gasteiger partial charge in [0.05, 0.1) is 0 Å². The number of carbonyl (C=O) groups excluding carboxylic acids is 1. The van der Waals surface area contributed by atoms with Crippen molar-refractivity contribution in [1.29, 1.82) is 0 Å². The molecule has 2 heterocycles. The fourth-order valence-corrected chi connectivity index (χ4v) is 2.18. The summed E-state index contributed by atoms with van der Waals surface area (Å²) in [4.78, 5) is 22.6. The number of aromatic nitrogens is 2. The molecular weight excluding hydrogens is 240 g/mol. The molecular formula is C14H22N4O. The highest BCUT2D eigenvalue weighted by atomic mass is 16.1. The lowest BCUT2D eigenvalue weighted by atomic mass is 10.0. The molecule has 1 aromatic heterocycles. The first-order chi connectivity index (χ1) is 9.06. The topological polar surface area (TPSA) is 58.1 Å². The maximum absolute atomic E-state index is 11.7. The van der Waals surface area contributed by atoms with Crippen molar-refractivity contribution in [3.63, 3.8) is 0 Å². The summed E-state index contributed by atoms with van der Waals surface area (Å²) in [5, 5.41) is 3.10. The van der Waals surface area contributed by atoms with Crippen LogP contribution in [-0.2, 0) is 4.79 Å². The molecule has 1 saturated heterocycles. The van der Waals surface area contributed by atoms with Crippen LogP contribution in [0.15, 0.2) is 12.3 Å². The predicted molar refractivity (Wildman–Crippen MR) is 75.0 cm³/mol. The van der Waals surface area contributed by atoms with Crippen LogP contribution in [0.3, 0.4) is 0 Å². The van der Waals surface area contributed by atoms with Crippen LogP contribution in [0.2, 0.25) is 0 Å². The van der Waals surface area contributed by atoms with Gasteiger partial charge < -0.3 is 10.2 Å². The Labute approximate surface area is 114 Å². The van der Waals surface area contributed by atoms with Gasteiger partial charge in [-0.05, 0) is 25.8 Å². The van der Waals surface area contributed by atoms with Crippen molar-refractivity contribution in [2.75, 3.05) is 18.0 Å². The smallest absolute Gasteiger partial charge is 0.225 e. The molecule has 1 amide bonds. The van der Waals surface area contributed by atoms with E-state index in [4.69, 9.17) is 0 Å². The average molecular weight is 262 g/mol. The maximum atomic E-state index is 11.7. The zero-order valence-electron chi connectivity index (χ0n) is 11.9. The highest BCUT2D eigenvalue weighted by Gasteiger charge is 2.22. The molecule has 1 aliphatic rings. The van der Waals surface area contributed by atoms with Gasteiger partial charge in [-0.25, -0.2) is 9.97 Å². The summed E-state index contributed by atoms with van der Waals surface area (Å²) < 4.78 is 0. The number of amides is 1. The van der Waals surface area contributed by atoms with Crippen molar-refractivity contribution >= 4 is 11.9 Å². The van der Waals surface area contributed by atoms with Crippen LogP contribution < -0.4 is 10.2 Å². The first-order valence-electron chi connectivity index (χ1n) is 6.91. The van der Waals surface area contributed by atoms with Gasteiger partial charge in [-0.2, -0.15) is 0 Å². The van der Waals surface area contributed by atoms with Gasteiger partial charge in [-0.15, -0.1) is 0 Å². The molecule has 2 rings (SSSR count). The van der Waals surface area contributed by atoms with E-state index in [1.54, 1.807) is 6.20 Å². The molecule has 0 bridgehead atoms. The zero-order valence-corrected chi connectivity index (χ0v) is 11.9. The van der Waals surface area contributed by atoms with Crippen molar-refractivity contribution in [2.45, 2.75) is 39.7 Å². The van der Waals surface area contributed by atoms with Gasteiger partial charge in [0, 0.05) is 36.9 Å². The molecule has 5 nitrogen and oxygen atoms in total. The predicted octanol–water partition coefficient (Wildman–Crippen LogP) is 1.53. The van der Waals surface area contributed by atoms with Crippen molar-refractivity contribution in [3.8, 4) is 0 Å². The summed E-state index contributed by atoms with van der Waals surface area (Å²) in [6.45, 7) is 7.61. The monoisotopic (exact) mass is 262 g/mol. The molecule has 19 heavy (non-hydrogen) atoms. The summed E-state index contributed by atoms with van der Waals surface area (Å²) in [7, 11) is 0. The van der Waals surface area contributed by atoms with Gasteiger partial charge in [0.1, 0.15) is 0 Å². The number of piperidine rings is 1. The lowest BCUT2D eigenvalue weighted by Crippen LogP contribution is -2.46. The van der Waals surface area contributed by atoms with Crippen LogP contribution in [0.25, 0.3) is 0 Å². The summed E-state index contributed by atoms with van der Waals surface area (Å²) in [5.41, 5.74) is 0.986. The van der Waals surface area contributed by atoms with Gasteiger partial charge in [-0.3, -0.25) is 4.79 Å². The summed E-state index contributed by atoms with van der Waals surface area (Å²) in [5.74, 6) is 0.997. The van der Waals surface area contributed by atoms with E-state index >= 15 is 0 Å². The van der Waals surface area contributed by atoms with Crippen LogP contribution in [-0.4, -0.2) is 35.0 Å². The summed E-state index contributed by atoms with van der Waals surface area (Å²) in [6.07, 6.45) is 3.70. The standard InChI is InChI=1S/C14H22N4O/c1-10(2)13(19)17-12-5-8-18(9-6-12)14-15-7-4-11(3)16-14/h4,7,10,12H,5-6,8-9H2,1-3H3,(H,17,19). The maximum Gasteiger partial charge on any atom is 0.225 e. The first kappa shape index (κ1) is 13.8. The van der Waals surface area contributed by atoms with E-state index in [0.29, 0.717) is 0 Å². The van der Waals surface area contributed by atoms with Gasteiger partial charge in [0.15, 0.2) is 0 Å². The van der Waals surface area contributed by atoms with E-state index in [-0.39, 0.29) is 17.9 Å². The minimum absolute atomic E-state index is 0.0538. The van der Waals surface area contributed by atoms with Crippen molar-refractivity contribution in [1.82, 2.24) is 15.3 Å². The van der Waals surface area contributed by atoms with Gasteiger partial charge in [0.2, 0.25) is 11.9 Å². The van der Waals surface area contributed by atoms with E-state index in [9.17, 15) is 4.79 Å². The normalized spacial score (nSPS) is 16.7. The Bertz CT molecular complexity index is 439. The molecule has 0 radical (unpaired) electrons. The number of aryl methyl sites for hydroxylation is 1. The van der Waals surface area contributed by atoms with Crippen LogP contribution in [0.5, 0.6) is 0 Å². The largest absolute Gasteiger partial charge is 0.353 e. The second-order valence-corrected chi connectivity index (χ2v) is 5.42. The van der Waals surface area contributed by atoms with Gasteiger partial charge in [-0.1, -0.05) is 13.8 Å². The van der Waals surface area contributed by atoms with Crippen LogP contribution >= 0.6 is 0 Å². The van der Waals surface area contributed by atoms with Gasteiger partial charge >= 0.3 is 0 Å². The highest BCUT2D eigenvalue weighted by Crippen LogP contribution is 2.16. The molecule has 0 aromatic carbocycles. The average Bonchev–Trinajstić information content (AvgIpc) is 2.39. The van der Waals surface area contributed by atoms with Crippen molar-refractivity contribution in [2.24, 2.45) is 5.92 Å². The van der Waals surface area contributed by atoms with E-state index in [2.05, 4.69) is 20.2 Å². The second kappa shape index (κ2) is 5.99. The lowest BCUT2D eigenvalue weighted by Gasteiger charge is -2.32. The minimum atomic E-state index is 0.0538. The van der Waals surface area contributed by atoms with Crippen LogP contribution in [0.1, 0.15) is 32.4 Å². The molecule has 0 saturated carbocycles. The van der Waals surface area contributed by atoms with Crippen LogP contribution in [0, 0.1) is 12.8 Å². The van der Waals surface area contributed by atoms with Crippen molar-refractivity contribution < 1.29 is 4.79 Å². The fourth-order valence-electron chi connectivity index (χ4n) is 2.18. The van der Waals surface area contributed by atoms with Crippen LogP contribution in [0.4, 0.5) is 5.95 Å². The third-order valence-corrected chi connectivity index (χ3v) is 3.43. The van der Waals surface area contributed by atoms with Crippen molar-refractivity contribution in [3.05, 3.63) is 18.0 Å². The molecule has 1 aliphatic heterocycles. The van der Waals surface area contributed by atoms with E-state index in [0.717, 1.165) is 37.6 Å². The Morgan fingerprint density at radius 3 is 2.68 bits per heavy atom. The highest BCUT2D eigenvalue weighted by molar-refractivity contribution is 5.78. The third kappa shape index (κ3) is 3.66. The molecule has 5 heteroatoms. The zero-order chi connectivity index (χ0) is 13.8. The van der Waals surface area contributed by atoms with Gasteiger partial charge in [0.25, 0.3) is 0 Å². The number of nitrogens with one attached hydrogen (secondary N) is 1. The Morgan fingerprint density at radius 1 is 1.42 bits per heavy atom. The fraction of sp³-hybridized carbons (Fsp3) is 0.643. The quantitative estimate of drug-likeness (QED) is 0.897. The molecule has 1 N–H and O–H groups in total. The van der Waals surface area contributed by atoms with E-state index < -0.39 is 0 Å². The Kier molecular flexibility index (Phi) is 4.35. The number of nitrogens with zero attached hydrogens (tertiary/aromatic N) is 3. The number of hydrogen-bond donors (Lipinski definition) is 1. The molecule has 1 aromatic rings. The molecule has 0 aliphatic carbocycles. The summed E-state index contributed by atoms with van der Waals surface area (Å²) in [6, 6.07) is 2.19. The molecule has 0 atom stereocenters. The third-order valence-electron chi connectivity index (χ3n) is 3.43. The molecule has 0 unspecified atom stereocenters. The number of hydrogen-bond acceptors (Lipinski definition) is 4. The molecule has 0 spiro atoms. The molecule has 104 valence electrons. The Morgan fingerprint density at radius 2 is 2.11 bits per heavy atom. The Hall–Kier alpha value is -1.65. The Balaban J connectivity index is 1.87. The SMILES string of the molecule is Cc1ccnc(N2CCC(NC(=O)C(C)C)CC2)n1. The molecule has 1 fully saturated rings. The number of rotatable bonds is 3. The summed E-state index contributed by atoms with van der Waals surface area (Å²) >= 11 is 0. The first-order valence-corrected chi connectivity index (χ1v) is 6.91. The van der Waals surface area contributed by atoms with E-state index in [1.807, 2.05) is 26.8 Å². The second-order valence-electron chi connectivity index (χ2n) is 5.42. The van der Waals surface area contributed by atoms with E-state index in [1.165, 1.54) is 0 Å². The number of anilines is 1.